The van der Waals surface area contributed by atoms with E-state index in [4.69, 9.17) is 22.1 Å². The number of anilines is 1. The number of hydrogen-bond donors (Lipinski definition) is 2. The number of amides is 1. The molecule has 2 aliphatic carbocycles. The first-order chi connectivity index (χ1) is 16.0. The maximum atomic E-state index is 11.7. The molecule has 1 spiro atoms. The molecule has 6 heteroatoms. The molecule has 2 fully saturated rings. The smallest absolute Gasteiger partial charge is 0.248 e. The van der Waals surface area contributed by atoms with Gasteiger partial charge in [0.05, 0.1) is 11.7 Å². The summed E-state index contributed by atoms with van der Waals surface area (Å²) in [6.45, 7) is 2.46. The molecule has 6 rings (SSSR count). The Morgan fingerprint density at radius 2 is 1.97 bits per heavy atom. The molecule has 2 atom stereocenters. The quantitative estimate of drug-likeness (QED) is 0.684. The number of nitrogens with two attached hydrogens (primary N) is 1. The summed E-state index contributed by atoms with van der Waals surface area (Å²) < 4.78 is 6.05. The SMILES string of the molecule is NC(=O)c1ccc2c(c1)OCC1CNCC(CC3=C(c4ccc(Cl)cc4)CCC4(CC4)C3)N21. The Kier molecular flexibility index (Phi) is 5.15. The molecule has 0 aromatic heterocycles. The minimum Gasteiger partial charge on any atom is -0.489 e. The largest absolute Gasteiger partial charge is 0.489 e. The third-order valence-corrected chi connectivity index (χ3v) is 8.30. The van der Waals surface area contributed by atoms with Gasteiger partial charge in [-0.15, -0.1) is 0 Å². The van der Waals surface area contributed by atoms with Crippen LogP contribution < -0.4 is 20.7 Å². The first kappa shape index (κ1) is 21.1. The van der Waals surface area contributed by atoms with Crippen LogP contribution in [0, 0.1) is 5.41 Å². The fourth-order valence-corrected chi connectivity index (χ4v) is 6.22. The molecule has 2 aromatic carbocycles. The van der Waals surface area contributed by atoms with Crippen molar-refractivity contribution >= 4 is 28.8 Å². The number of nitrogens with one attached hydrogen (secondary N) is 1. The molecule has 0 bridgehead atoms. The van der Waals surface area contributed by atoms with E-state index in [0.29, 0.717) is 23.6 Å². The number of fused-ring (bicyclic) bond motifs is 3. The lowest BCUT2D eigenvalue weighted by atomic mass is 9.76. The van der Waals surface area contributed by atoms with E-state index in [9.17, 15) is 4.79 Å². The van der Waals surface area contributed by atoms with E-state index < -0.39 is 5.91 Å². The van der Waals surface area contributed by atoms with Gasteiger partial charge in [0, 0.05) is 29.7 Å². The van der Waals surface area contributed by atoms with Crippen LogP contribution in [-0.4, -0.2) is 37.7 Å². The lowest BCUT2D eigenvalue weighted by Crippen LogP contribution is -2.61. The van der Waals surface area contributed by atoms with Crippen molar-refractivity contribution in [3.05, 3.63) is 64.2 Å². The molecule has 1 saturated carbocycles. The van der Waals surface area contributed by atoms with Crippen molar-refractivity contribution in [2.24, 2.45) is 11.1 Å². The van der Waals surface area contributed by atoms with Gasteiger partial charge in [0.15, 0.2) is 0 Å². The molecular weight excluding hydrogens is 434 g/mol. The van der Waals surface area contributed by atoms with Crippen LogP contribution in [0.15, 0.2) is 48.0 Å². The number of allylic oxidation sites excluding steroid dienone is 1. The van der Waals surface area contributed by atoms with E-state index in [2.05, 4.69) is 22.3 Å². The van der Waals surface area contributed by atoms with Gasteiger partial charge < -0.3 is 20.7 Å². The molecule has 2 aromatic rings. The first-order valence-corrected chi connectivity index (χ1v) is 12.4. The summed E-state index contributed by atoms with van der Waals surface area (Å²) in [6.07, 6.45) is 7.45. The molecule has 2 aliphatic heterocycles. The Bertz CT molecular complexity index is 1120. The van der Waals surface area contributed by atoms with E-state index in [1.165, 1.54) is 36.8 Å². The highest BCUT2D eigenvalue weighted by molar-refractivity contribution is 6.30. The number of carbonyl (C=O) groups is 1. The summed E-state index contributed by atoms with van der Waals surface area (Å²) in [4.78, 5) is 14.2. The zero-order chi connectivity index (χ0) is 22.6. The van der Waals surface area contributed by atoms with Crippen molar-refractivity contribution in [1.82, 2.24) is 5.32 Å². The molecule has 172 valence electrons. The van der Waals surface area contributed by atoms with Crippen molar-refractivity contribution in [1.29, 1.82) is 0 Å². The van der Waals surface area contributed by atoms with Gasteiger partial charge in [0.2, 0.25) is 5.91 Å². The Balaban J connectivity index is 1.35. The van der Waals surface area contributed by atoms with Crippen molar-refractivity contribution in [2.45, 2.75) is 50.6 Å². The Hall–Kier alpha value is -2.50. The molecule has 2 heterocycles. The van der Waals surface area contributed by atoms with Crippen LogP contribution in [-0.2, 0) is 0 Å². The molecule has 4 aliphatic rings. The standard InChI is InChI=1S/C27H30ClN3O2/c28-20-4-1-17(2-5-20)23-7-8-27(9-10-27)13-19(23)11-21-14-30-15-22-16-33-25-12-18(26(29)32)3-6-24(25)31(21)22/h1-6,12,21-22,30H,7-11,13-16H2,(H2,29,32). The lowest BCUT2D eigenvalue weighted by Gasteiger charge is -2.48. The van der Waals surface area contributed by atoms with E-state index in [1.54, 1.807) is 11.6 Å². The van der Waals surface area contributed by atoms with Crippen molar-refractivity contribution in [3.8, 4) is 5.75 Å². The minimum absolute atomic E-state index is 0.286. The Morgan fingerprint density at radius 1 is 1.15 bits per heavy atom. The first-order valence-electron chi connectivity index (χ1n) is 12.0. The zero-order valence-electron chi connectivity index (χ0n) is 18.8. The van der Waals surface area contributed by atoms with Crippen molar-refractivity contribution in [3.63, 3.8) is 0 Å². The number of benzene rings is 2. The Labute approximate surface area is 199 Å². The van der Waals surface area contributed by atoms with Crippen LogP contribution in [0.1, 0.15) is 54.4 Å². The predicted octanol–water partition coefficient (Wildman–Crippen LogP) is 4.79. The summed E-state index contributed by atoms with van der Waals surface area (Å²) >= 11 is 6.18. The molecule has 3 N–H and O–H groups in total. The van der Waals surface area contributed by atoms with E-state index >= 15 is 0 Å². The monoisotopic (exact) mass is 463 g/mol. The third kappa shape index (κ3) is 3.91. The van der Waals surface area contributed by atoms with Crippen molar-refractivity contribution < 1.29 is 9.53 Å². The highest BCUT2D eigenvalue weighted by Crippen LogP contribution is 2.59. The minimum atomic E-state index is -0.421. The molecule has 1 saturated heterocycles. The third-order valence-electron chi connectivity index (χ3n) is 8.05. The Morgan fingerprint density at radius 3 is 2.73 bits per heavy atom. The number of piperazine rings is 1. The van der Waals surface area contributed by atoms with Crippen LogP contribution in [0.4, 0.5) is 5.69 Å². The summed E-state index contributed by atoms with van der Waals surface area (Å²) in [5.74, 6) is 0.346. The second kappa shape index (κ2) is 8.07. The lowest BCUT2D eigenvalue weighted by molar-refractivity contribution is 0.0999. The van der Waals surface area contributed by atoms with Gasteiger partial charge in [0.25, 0.3) is 0 Å². The van der Waals surface area contributed by atoms with Crippen LogP contribution in [0.25, 0.3) is 5.57 Å². The fourth-order valence-electron chi connectivity index (χ4n) is 6.09. The highest BCUT2D eigenvalue weighted by Gasteiger charge is 2.46. The van der Waals surface area contributed by atoms with Crippen LogP contribution in [0.3, 0.4) is 0 Å². The fraction of sp³-hybridized carbons (Fsp3) is 0.444. The van der Waals surface area contributed by atoms with Crippen molar-refractivity contribution in [2.75, 3.05) is 24.6 Å². The molecule has 0 radical (unpaired) electrons. The molecule has 2 unspecified atom stereocenters. The van der Waals surface area contributed by atoms with Crippen LogP contribution in [0.2, 0.25) is 5.02 Å². The number of ether oxygens (including phenoxy) is 1. The second-order valence-corrected chi connectivity index (χ2v) is 10.6. The van der Waals surface area contributed by atoms with Crippen LogP contribution in [0.5, 0.6) is 5.75 Å². The topological polar surface area (TPSA) is 67.6 Å². The average molecular weight is 464 g/mol. The van der Waals surface area contributed by atoms with Gasteiger partial charge in [-0.25, -0.2) is 0 Å². The number of primary amides is 1. The zero-order valence-corrected chi connectivity index (χ0v) is 19.5. The maximum Gasteiger partial charge on any atom is 0.248 e. The van der Waals surface area contributed by atoms with E-state index in [0.717, 1.165) is 42.4 Å². The van der Waals surface area contributed by atoms with Gasteiger partial charge in [-0.05, 0) is 85.4 Å². The molecule has 33 heavy (non-hydrogen) atoms. The summed E-state index contributed by atoms with van der Waals surface area (Å²) in [5.41, 5.74) is 12.1. The van der Waals surface area contributed by atoms with Gasteiger partial charge in [0.1, 0.15) is 12.4 Å². The van der Waals surface area contributed by atoms with Crippen LogP contribution >= 0.6 is 11.6 Å². The predicted molar refractivity (Wildman–Crippen MR) is 132 cm³/mol. The number of carbonyl (C=O) groups excluding carboxylic acids is 1. The normalized spacial score (nSPS) is 25.3. The maximum absolute atomic E-state index is 11.7. The molecule has 5 nitrogen and oxygen atoms in total. The number of rotatable bonds is 4. The van der Waals surface area contributed by atoms with Gasteiger partial charge in [-0.3, -0.25) is 4.79 Å². The highest BCUT2D eigenvalue weighted by atomic mass is 35.5. The van der Waals surface area contributed by atoms with Gasteiger partial charge in [-0.2, -0.15) is 0 Å². The summed E-state index contributed by atoms with van der Waals surface area (Å²) in [6, 6.07) is 14.6. The second-order valence-electron chi connectivity index (χ2n) is 10.2. The van der Waals surface area contributed by atoms with E-state index in [-0.39, 0.29) is 6.04 Å². The number of nitrogens with zero attached hydrogens (tertiary/aromatic N) is 1. The number of hydrogen-bond acceptors (Lipinski definition) is 4. The molecule has 1 amide bonds. The summed E-state index contributed by atoms with van der Waals surface area (Å²) in [5, 5.41) is 4.43. The van der Waals surface area contributed by atoms with Gasteiger partial charge >= 0.3 is 0 Å². The summed E-state index contributed by atoms with van der Waals surface area (Å²) in [7, 11) is 0. The molecular formula is C27H30ClN3O2. The van der Waals surface area contributed by atoms with Gasteiger partial charge in [-0.1, -0.05) is 29.3 Å². The average Bonchev–Trinajstić information content (AvgIpc) is 3.58. The van der Waals surface area contributed by atoms with E-state index in [1.807, 2.05) is 24.3 Å². The number of halogens is 1.